The summed E-state index contributed by atoms with van der Waals surface area (Å²) in [7, 11) is 0. The fraction of sp³-hybridized carbons (Fsp3) is 0.200. The van der Waals surface area contributed by atoms with E-state index < -0.39 is 5.82 Å². The minimum absolute atomic E-state index is 0.0691. The van der Waals surface area contributed by atoms with E-state index in [2.05, 4.69) is 5.32 Å². The van der Waals surface area contributed by atoms with E-state index in [1.54, 1.807) is 0 Å². The van der Waals surface area contributed by atoms with E-state index in [9.17, 15) is 4.39 Å². The quantitative estimate of drug-likeness (QED) is 0.726. The number of hydrogen-bond donors (Lipinski definition) is 1. The first-order valence-electron chi connectivity index (χ1n) is 5.95. The Kier molecular flexibility index (Phi) is 4.33. The van der Waals surface area contributed by atoms with E-state index in [4.69, 9.17) is 23.2 Å². The van der Waals surface area contributed by atoms with Gasteiger partial charge in [-0.2, -0.15) is 0 Å². The van der Waals surface area contributed by atoms with E-state index in [1.165, 1.54) is 17.7 Å². The van der Waals surface area contributed by atoms with Gasteiger partial charge in [0.15, 0.2) is 0 Å². The number of nitrogens with one attached hydrogen (secondary N) is 1. The average molecular weight is 298 g/mol. The van der Waals surface area contributed by atoms with Gasteiger partial charge in [0.1, 0.15) is 5.82 Å². The summed E-state index contributed by atoms with van der Waals surface area (Å²) >= 11 is 12.1. The van der Waals surface area contributed by atoms with Crippen LogP contribution >= 0.6 is 23.2 Å². The molecule has 2 aromatic rings. The zero-order valence-corrected chi connectivity index (χ0v) is 12.2. The van der Waals surface area contributed by atoms with Gasteiger partial charge >= 0.3 is 0 Å². The van der Waals surface area contributed by atoms with Crippen LogP contribution in [0.15, 0.2) is 36.4 Å². The van der Waals surface area contributed by atoms with Crippen LogP contribution in [0.4, 0.5) is 10.1 Å². The van der Waals surface area contributed by atoms with Crippen LogP contribution in [0, 0.1) is 12.7 Å². The van der Waals surface area contributed by atoms with Gasteiger partial charge in [-0.15, -0.1) is 0 Å². The molecule has 0 heterocycles. The predicted molar refractivity (Wildman–Crippen MR) is 79.6 cm³/mol. The van der Waals surface area contributed by atoms with Crippen molar-refractivity contribution in [1.29, 1.82) is 0 Å². The minimum Gasteiger partial charge on any atom is -0.378 e. The molecule has 1 N–H and O–H groups in total. The molecule has 0 aliphatic rings. The van der Waals surface area contributed by atoms with Crippen LogP contribution in [0.3, 0.4) is 0 Å². The summed E-state index contributed by atoms with van der Waals surface area (Å²) in [6.07, 6.45) is 0. The molecule has 2 rings (SSSR count). The molecule has 0 saturated heterocycles. The number of rotatable bonds is 3. The second-order valence-corrected chi connectivity index (χ2v) is 5.27. The van der Waals surface area contributed by atoms with Crippen molar-refractivity contribution in [3.05, 3.63) is 63.4 Å². The van der Waals surface area contributed by atoms with Crippen molar-refractivity contribution in [2.24, 2.45) is 0 Å². The third-order valence-electron chi connectivity index (χ3n) is 2.95. The van der Waals surface area contributed by atoms with Crippen molar-refractivity contribution in [3.8, 4) is 0 Å². The van der Waals surface area contributed by atoms with Crippen LogP contribution in [0.2, 0.25) is 10.0 Å². The standard InChI is InChI=1S/C15H14Cl2FN/c1-9-3-5-11(6-4-9)19-10(2)14-12(16)7-8-13(18)15(14)17/h3-8,10,19H,1-2H3. The van der Waals surface area contributed by atoms with E-state index in [-0.39, 0.29) is 11.1 Å². The molecule has 0 aliphatic heterocycles. The lowest BCUT2D eigenvalue weighted by atomic mass is 10.1. The summed E-state index contributed by atoms with van der Waals surface area (Å²) in [5, 5.41) is 3.78. The Balaban J connectivity index is 2.27. The molecule has 0 aliphatic carbocycles. The van der Waals surface area contributed by atoms with Gasteiger partial charge < -0.3 is 5.32 Å². The molecule has 0 spiro atoms. The predicted octanol–water partition coefficient (Wildman–Crippen LogP) is 5.61. The largest absolute Gasteiger partial charge is 0.378 e. The summed E-state index contributed by atoms with van der Waals surface area (Å²) in [5.74, 6) is -0.460. The molecule has 1 unspecified atom stereocenters. The van der Waals surface area contributed by atoms with Crippen LogP contribution < -0.4 is 5.32 Å². The highest BCUT2D eigenvalue weighted by Gasteiger charge is 2.16. The highest BCUT2D eigenvalue weighted by molar-refractivity contribution is 6.36. The fourth-order valence-electron chi connectivity index (χ4n) is 1.91. The SMILES string of the molecule is Cc1ccc(NC(C)c2c(Cl)ccc(F)c2Cl)cc1. The summed E-state index contributed by atoms with van der Waals surface area (Å²) in [5.41, 5.74) is 2.69. The summed E-state index contributed by atoms with van der Waals surface area (Å²) in [6.45, 7) is 3.92. The van der Waals surface area contributed by atoms with Gasteiger partial charge in [0.2, 0.25) is 0 Å². The van der Waals surface area contributed by atoms with E-state index >= 15 is 0 Å². The van der Waals surface area contributed by atoms with Crippen molar-refractivity contribution in [2.45, 2.75) is 19.9 Å². The average Bonchev–Trinajstić information content (AvgIpc) is 2.37. The third kappa shape index (κ3) is 3.20. The zero-order chi connectivity index (χ0) is 14.0. The van der Waals surface area contributed by atoms with Gasteiger partial charge in [0, 0.05) is 16.3 Å². The van der Waals surface area contributed by atoms with Crippen molar-refractivity contribution in [3.63, 3.8) is 0 Å². The monoisotopic (exact) mass is 297 g/mol. The maximum atomic E-state index is 13.5. The minimum atomic E-state index is -0.460. The molecule has 0 radical (unpaired) electrons. The van der Waals surface area contributed by atoms with Gasteiger partial charge in [0.05, 0.1) is 11.1 Å². The maximum absolute atomic E-state index is 13.5. The maximum Gasteiger partial charge on any atom is 0.142 e. The highest BCUT2D eigenvalue weighted by Crippen LogP contribution is 2.33. The van der Waals surface area contributed by atoms with Gasteiger partial charge in [-0.05, 0) is 38.1 Å². The summed E-state index contributed by atoms with van der Waals surface area (Å²) < 4.78 is 13.5. The van der Waals surface area contributed by atoms with Crippen LogP contribution in [0.25, 0.3) is 0 Å². The normalized spacial score (nSPS) is 12.3. The van der Waals surface area contributed by atoms with Gasteiger partial charge in [0.25, 0.3) is 0 Å². The second-order valence-electron chi connectivity index (χ2n) is 4.49. The van der Waals surface area contributed by atoms with Gasteiger partial charge in [-0.3, -0.25) is 0 Å². The fourth-order valence-corrected chi connectivity index (χ4v) is 2.61. The van der Waals surface area contributed by atoms with Gasteiger partial charge in [-0.1, -0.05) is 40.9 Å². The lowest BCUT2D eigenvalue weighted by Crippen LogP contribution is -2.08. The highest BCUT2D eigenvalue weighted by atomic mass is 35.5. The second kappa shape index (κ2) is 5.81. The molecule has 4 heteroatoms. The first-order chi connectivity index (χ1) is 8.99. The first-order valence-corrected chi connectivity index (χ1v) is 6.71. The molecule has 0 aromatic heterocycles. The number of hydrogen-bond acceptors (Lipinski definition) is 1. The molecular weight excluding hydrogens is 284 g/mol. The van der Waals surface area contributed by atoms with Gasteiger partial charge in [-0.25, -0.2) is 4.39 Å². The number of aryl methyl sites for hydroxylation is 1. The van der Waals surface area contributed by atoms with Crippen molar-refractivity contribution in [2.75, 3.05) is 5.32 Å². The zero-order valence-electron chi connectivity index (χ0n) is 10.7. The molecule has 0 saturated carbocycles. The third-order valence-corrected chi connectivity index (χ3v) is 3.66. The van der Waals surface area contributed by atoms with Crippen LogP contribution in [-0.4, -0.2) is 0 Å². The Labute approximate surface area is 122 Å². The summed E-state index contributed by atoms with van der Waals surface area (Å²) in [4.78, 5) is 0. The molecule has 0 fully saturated rings. The Morgan fingerprint density at radius 2 is 1.68 bits per heavy atom. The smallest absolute Gasteiger partial charge is 0.142 e. The van der Waals surface area contributed by atoms with Crippen molar-refractivity contribution in [1.82, 2.24) is 0 Å². The van der Waals surface area contributed by atoms with E-state index in [0.29, 0.717) is 10.6 Å². The number of halogens is 3. The molecule has 2 aromatic carbocycles. The molecule has 100 valence electrons. The van der Waals surface area contributed by atoms with Crippen LogP contribution in [0.1, 0.15) is 24.1 Å². The Morgan fingerprint density at radius 3 is 2.32 bits per heavy atom. The van der Waals surface area contributed by atoms with Crippen LogP contribution in [0.5, 0.6) is 0 Å². The lowest BCUT2D eigenvalue weighted by molar-refractivity contribution is 0.624. The van der Waals surface area contributed by atoms with Crippen molar-refractivity contribution < 1.29 is 4.39 Å². The molecule has 1 atom stereocenters. The van der Waals surface area contributed by atoms with Crippen LogP contribution in [-0.2, 0) is 0 Å². The lowest BCUT2D eigenvalue weighted by Gasteiger charge is -2.18. The van der Waals surface area contributed by atoms with Crippen molar-refractivity contribution >= 4 is 28.9 Å². The van der Waals surface area contributed by atoms with E-state index in [0.717, 1.165) is 5.69 Å². The molecule has 1 nitrogen and oxygen atoms in total. The summed E-state index contributed by atoms with van der Waals surface area (Å²) in [6, 6.07) is 10.5. The Bertz CT molecular complexity index is 581. The number of benzene rings is 2. The Hall–Kier alpha value is -1.25. The first kappa shape index (κ1) is 14.2. The Morgan fingerprint density at radius 1 is 1.05 bits per heavy atom. The number of anilines is 1. The molecule has 0 bridgehead atoms. The topological polar surface area (TPSA) is 12.0 Å². The molecule has 0 amide bonds. The molecular formula is C15H14Cl2FN. The van der Waals surface area contributed by atoms with E-state index in [1.807, 2.05) is 38.1 Å². The molecule has 19 heavy (non-hydrogen) atoms.